The highest BCUT2D eigenvalue weighted by Crippen LogP contribution is 2.30. The van der Waals surface area contributed by atoms with Crippen LogP contribution in [0, 0.1) is 11.8 Å². The molecule has 24 heavy (non-hydrogen) atoms. The number of ether oxygens (including phenoxy) is 2. The van der Waals surface area contributed by atoms with E-state index in [4.69, 9.17) is 14.6 Å². The van der Waals surface area contributed by atoms with Gasteiger partial charge in [0, 0.05) is 18.7 Å². The zero-order valence-electron chi connectivity index (χ0n) is 14.4. The summed E-state index contributed by atoms with van der Waals surface area (Å²) in [5, 5.41) is 8.73. The first-order valence-corrected chi connectivity index (χ1v) is 8.31. The number of carboxylic acids is 1. The molecule has 0 radical (unpaired) electrons. The van der Waals surface area contributed by atoms with Gasteiger partial charge in [-0.2, -0.15) is 0 Å². The van der Waals surface area contributed by atoms with Crippen LogP contribution in [-0.2, 0) is 4.79 Å². The van der Waals surface area contributed by atoms with Crippen molar-refractivity contribution in [1.82, 2.24) is 4.90 Å². The summed E-state index contributed by atoms with van der Waals surface area (Å²) in [5.41, 5.74) is 0.530. The van der Waals surface area contributed by atoms with Gasteiger partial charge in [0.05, 0.1) is 6.61 Å². The highest BCUT2D eigenvalue weighted by Gasteiger charge is 2.26. The Bertz CT molecular complexity index is 591. The van der Waals surface area contributed by atoms with Crippen molar-refractivity contribution >= 4 is 11.9 Å². The standard InChI is InChI=1S/C18H25NO5/c1-4-23-16-8-14(5-6-15(16)24-11-17(20)21)18(22)19-9-12(2)7-13(3)10-19/h5-6,8,12-13H,4,7,9-11H2,1-3H3,(H,20,21). The van der Waals surface area contributed by atoms with Crippen molar-refractivity contribution in [3.63, 3.8) is 0 Å². The van der Waals surface area contributed by atoms with Crippen molar-refractivity contribution in [3.8, 4) is 11.5 Å². The number of carboxylic acid groups (broad SMARTS) is 1. The van der Waals surface area contributed by atoms with Crippen molar-refractivity contribution in [2.24, 2.45) is 11.8 Å². The van der Waals surface area contributed by atoms with Gasteiger partial charge < -0.3 is 19.5 Å². The second-order valence-corrected chi connectivity index (χ2v) is 6.43. The SMILES string of the molecule is CCOc1cc(C(=O)N2CC(C)CC(C)C2)ccc1OCC(=O)O. The maximum atomic E-state index is 12.8. The molecule has 0 bridgehead atoms. The molecule has 132 valence electrons. The van der Waals surface area contributed by atoms with Gasteiger partial charge in [0.25, 0.3) is 5.91 Å². The predicted octanol–water partition coefficient (Wildman–Crippen LogP) is 2.67. The van der Waals surface area contributed by atoms with Crippen LogP contribution in [0.4, 0.5) is 0 Å². The van der Waals surface area contributed by atoms with E-state index in [9.17, 15) is 9.59 Å². The fourth-order valence-corrected chi connectivity index (χ4v) is 3.18. The van der Waals surface area contributed by atoms with Gasteiger partial charge in [-0.15, -0.1) is 0 Å². The Morgan fingerprint density at radius 2 is 1.83 bits per heavy atom. The minimum Gasteiger partial charge on any atom is -0.490 e. The van der Waals surface area contributed by atoms with Gasteiger partial charge in [-0.1, -0.05) is 13.8 Å². The van der Waals surface area contributed by atoms with E-state index in [1.165, 1.54) is 0 Å². The summed E-state index contributed by atoms with van der Waals surface area (Å²) in [6.07, 6.45) is 1.13. The molecule has 1 N–H and O–H groups in total. The molecule has 2 atom stereocenters. The van der Waals surface area contributed by atoms with E-state index < -0.39 is 12.6 Å². The Hall–Kier alpha value is -2.24. The Kier molecular flexibility index (Phi) is 6.06. The summed E-state index contributed by atoms with van der Waals surface area (Å²) >= 11 is 0. The summed E-state index contributed by atoms with van der Waals surface area (Å²) in [7, 11) is 0. The van der Waals surface area contributed by atoms with Crippen LogP contribution in [0.5, 0.6) is 11.5 Å². The van der Waals surface area contributed by atoms with Crippen molar-refractivity contribution in [3.05, 3.63) is 23.8 Å². The molecule has 2 unspecified atom stereocenters. The number of hydrogen-bond acceptors (Lipinski definition) is 4. The molecule has 2 rings (SSSR count). The number of rotatable bonds is 6. The quantitative estimate of drug-likeness (QED) is 0.865. The summed E-state index contributed by atoms with van der Waals surface area (Å²) in [5.74, 6) is 0.608. The lowest BCUT2D eigenvalue weighted by atomic mass is 9.91. The number of benzene rings is 1. The van der Waals surface area contributed by atoms with Crippen LogP contribution in [0.15, 0.2) is 18.2 Å². The molecule has 1 heterocycles. The minimum atomic E-state index is -1.06. The first-order chi connectivity index (χ1) is 11.4. The number of hydrogen-bond donors (Lipinski definition) is 1. The van der Waals surface area contributed by atoms with Crippen LogP contribution in [0.1, 0.15) is 37.6 Å². The largest absolute Gasteiger partial charge is 0.490 e. The van der Waals surface area contributed by atoms with Crippen LogP contribution in [0.25, 0.3) is 0 Å². The Balaban J connectivity index is 2.18. The van der Waals surface area contributed by atoms with Gasteiger partial charge in [-0.25, -0.2) is 4.79 Å². The van der Waals surface area contributed by atoms with Crippen molar-refractivity contribution in [1.29, 1.82) is 0 Å². The second-order valence-electron chi connectivity index (χ2n) is 6.43. The fraction of sp³-hybridized carbons (Fsp3) is 0.556. The Morgan fingerprint density at radius 1 is 1.17 bits per heavy atom. The lowest BCUT2D eigenvalue weighted by Crippen LogP contribution is -2.42. The maximum Gasteiger partial charge on any atom is 0.341 e. The number of carbonyl (C=O) groups is 2. The molecule has 6 nitrogen and oxygen atoms in total. The van der Waals surface area contributed by atoms with E-state index in [0.29, 0.717) is 35.5 Å². The van der Waals surface area contributed by atoms with E-state index in [2.05, 4.69) is 13.8 Å². The van der Waals surface area contributed by atoms with E-state index in [1.807, 2.05) is 11.8 Å². The van der Waals surface area contributed by atoms with E-state index in [0.717, 1.165) is 19.5 Å². The van der Waals surface area contributed by atoms with Crippen molar-refractivity contribution in [2.45, 2.75) is 27.2 Å². The zero-order chi connectivity index (χ0) is 17.7. The van der Waals surface area contributed by atoms with E-state index in [1.54, 1.807) is 18.2 Å². The third-order valence-electron chi connectivity index (χ3n) is 4.00. The van der Waals surface area contributed by atoms with Crippen LogP contribution in [0.2, 0.25) is 0 Å². The predicted molar refractivity (Wildman–Crippen MR) is 89.6 cm³/mol. The molecule has 0 aliphatic carbocycles. The van der Waals surface area contributed by atoms with Crippen LogP contribution in [-0.4, -0.2) is 48.2 Å². The van der Waals surface area contributed by atoms with Gasteiger partial charge in [0.15, 0.2) is 18.1 Å². The topological polar surface area (TPSA) is 76.1 Å². The number of piperidine rings is 1. The average Bonchev–Trinajstić information content (AvgIpc) is 2.52. The number of likely N-dealkylation sites (tertiary alicyclic amines) is 1. The molecule has 1 fully saturated rings. The Morgan fingerprint density at radius 3 is 2.42 bits per heavy atom. The molecule has 6 heteroatoms. The number of aliphatic carboxylic acids is 1. The monoisotopic (exact) mass is 335 g/mol. The van der Waals surface area contributed by atoms with E-state index >= 15 is 0 Å². The molecule has 1 aromatic rings. The maximum absolute atomic E-state index is 12.8. The summed E-state index contributed by atoms with van der Waals surface area (Å²) in [6, 6.07) is 4.89. The first-order valence-electron chi connectivity index (χ1n) is 8.31. The second kappa shape index (κ2) is 8.04. The van der Waals surface area contributed by atoms with Crippen LogP contribution in [0.3, 0.4) is 0 Å². The average molecular weight is 335 g/mol. The molecule has 1 amide bonds. The molecular weight excluding hydrogens is 310 g/mol. The van der Waals surface area contributed by atoms with Crippen molar-refractivity contribution < 1.29 is 24.2 Å². The molecule has 1 aromatic carbocycles. The molecule has 1 saturated heterocycles. The third kappa shape index (κ3) is 4.63. The fourth-order valence-electron chi connectivity index (χ4n) is 3.18. The van der Waals surface area contributed by atoms with Gasteiger partial charge in [0.2, 0.25) is 0 Å². The number of nitrogens with zero attached hydrogens (tertiary/aromatic N) is 1. The highest BCUT2D eigenvalue weighted by molar-refractivity contribution is 5.95. The molecule has 0 aromatic heterocycles. The normalized spacial score (nSPS) is 20.5. The van der Waals surface area contributed by atoms with Gasteiger partial charge in [-0.3, -0.25) is 4.79 Å². The van der Waals surface area contributed by atoms with Crippen LogP contribution >= 0.6 is 0 Å². The third-order valence-corrected chi connectivity index (χ3v) is 4.00. The first kappa shape index (κ1) is 18.1. The number of amides is 1. The Labute approximate surface area is 142 Å². The summed E-state index contributed by atoms with van der Waals surface area (Å²) in [6.45, 7) is 7.60. The lowest BCUT2D eigenvalue weighted by Gasteiger charge is -2.35. The van der Waals surface area contributed by atoms with E-state index in [-0.39, 0.29) is 5.91 Å². The van der Waals surface area contributed by atoms with Gasteiger partial charge >= 0.3 is 5.97 Å². The zero-order valence-corrected chi connectivity index (χ0v) is 14.4. The molecule has 0 saturated carbocycles. The smallest absolute Gasteiger partial charge is 0.341 e. The molecule has 0 spiro atoms. The summed E-state index contributed by atoms with van der Waals surface area (Å²) in [4.78, 5) is 25.3. The van der Waals surface area contributed by atoms with Gasteiger partial charge in [0.1, 0.15) is 0 Å². The lowest BCUT2D eigenvalue weighted by molar-refractivity contribution is -0.139. The molecular formula is C18H25NO5. The number of carbonyl (C=O) groups excluding carboxylic acids is 1. The molecule has 1 aliphatic rings. The van der Waals surface area contributed by atoms with Crippen molar-refractivity contribution in [2.75, 3.05) is 26.3 Å². The minimum absolute atomic E-state index is 0.0286. The summed E-state index contributed by atoms with van der Waals surface area (Å²) < 4.78 is 10.7. The van der Waals surface area contributed by atoms with Gasteiger partial charge in [-0.05, 0) is 43.4 Å². The molecule has 1 aliphatic heterocycles. The van der Waals surface area contributed by atoms with Crippen LogP contribution < -0.4 is 9.47 Å². The highest BCUT2D eigenvalue weighted by atomic mass is 16.5.